The second-order valence-corrected chi connectivity index (χ2v) is 32.1. The van der Waals surface area contributed by atoms with Crippen molar-refractivity contribution in [1.29, 1.82) is 0 Å². The van der Waals surface area contributed by atoms with Crippen molar-refractivity contribution in [3.05, 3.63) is 0 Å². The van der Waals surface area contributed by atoms with Crippen LogP contribution in [0.4, 0.5) is 0 Å². The molecule has 17 heteroatoms. The zero-order valence-corrected chi connectivity index (χ0v) is 32.1. The molecule has 0 bridgehead atoms. The molecule has 0 fully saturated rings. The average Bonchev–Trinajstić information content (AvgIpc) is 2.37. The second kappa shape index (κ2) is 22.1. The van der Waals surface area contributed by atoms with Crippen LogP contribution in [-0.4, -0.2) is 35.0 Å². The summed E-state index contributed by atoms with van der Waals surface area (Å²) >= 11 is 36.0. The van der Waals surface area contributed by atoms with Gasteiger partial charge in [0.15, 0.2) is 0 Å². The summed E-state index contributed by atoms with van der Waals surface area (Å²) in [5.74, 6) is 0. The fourth-order valence-corrected chi connectivity index (χ4v) is 0. The van der Waals surface area contributed by atoms with Gasteiger partial charge in [0.1, 0.15) is 8.57 Å². The molecule has 0 saturated carbocycles. The number of rotatable bonds is 0. The Morgan fingerprint density at radius 1 is 0.360 bits per heavy atom. The first-order valence-electron chi connectivity index (χ1n) is 4.84. The summed E-state index contributed by atoms with van der Waals surface area (Å²) in [6.45, 7) is -0.917. The van der Waals surface area contributed by atoms with E-state index < -0.39 is 8.57 Å². The minimum absolute atomic E-state index is 0. The van der Waals surface area contributed by atoms with Crippen LogP contribution in [0.2, 0.25) is 0 Å². The van der Waals surface area contributed by atoms with E-state index in [0.717, 1.165) is 0 Å². The summed E-state index contributed by atoms with van der Waals surface area (Å²) in [4.78, 5) is 0. The maximum absolute atomic E-state index is 9.81. The smallest absolute Gasteiger partial charge is 0.852 e. The standard InChI is InChI=1S/4C2H2Br3O.Ti/c4*3-2(4,5)1-6;/h4*1H2;/q4*-1;+4. The van der Waals surface area contributed by atoms with Gasteiger partial charge in [-0.15, -0.1) is 26.4 Å². The molecular formula is C8H8Br12O4Ti. The summed E-state index contributed by atoms with van der Waals surface area (Å²) < 4.78 is -2.31. The van der Waals surface area contributed by atoms with E-state index in [1.165, 1.54) is 0 Å². The van der Waals surface area contributed by atoms with E-state index in [9.17, 15) is 20.4 Å². The number of hydrogen-bond acceptors (Lipinski definition) is 4. The normalized spacial score (nSPS) is 11.5. The average molecular weight is 1170 g/mol. The van der Waals surface area contributed by atoms with Gasteiger partial charge in [-0.3, -0.25) is 0 Å². The van der Waals surface area contributed by atoms with Crippen LogP contribution >= 0.6 is 191 Å². The third-order valence-electron chi connectivity index (χ3n) is 0.655. The van der Waals surface area contributed by atoms with Crippen LogP contribution in [0.25, 0.3) is 0 Å². The molecule has 0 amide bonds. The summed E-state index contributed by atoms with van der Waals surface area (Å²) in [5.41, 5.74) is 0. The van der Waals surface area contributed by atoms with Gasteiger partial charge in [-0.05, 0) is 0 Å². The van der Waals surface area contributed by atoms with E-state index in [-0.39, 0.29) is 48.1 Å². The Morgan fingerprint density at radius 3 is 0.400 bits per heavy atom. The van der Waals surface area contributed by atoms with E-state index in [2.05, 4.69) is 191 Å². The topological polar surface area (TPSA) is 92.2 Å². The molecule has 0 rings (SSSR count). The van der Waals surface area contributed by atoms with Crippen molar-refractivity contribution in [1.82, 2.24) is 0 Å². The molecule has 0 saturated heterocycles. The molecule has 0 aromatic heterocycles. The SMILES string of the molecule is [O-]CC(Br)(Br)Br.[O-]CC(Br)(Br)Br.[O-]CC(Br)(Br)Br.[O-]CC(Br)(Br)Br.[Ti+4]. The maximum Gasteiger partial charge on any atom is 4.00 e. The molecule has 152 valence electrons. The molecule has 0 spiro atoms. The third kappa shape index (κ3) is 72.5. The molecule has 0 aliphatic carbocycles. The van der Waals surface area contributed by atoms with Crippen molar-refractivity contribution in [3.8, 4) is 0 Å². The largest absolute Gasteiger partial charge is 4.00 e. The van der Waals surface area contributed by atoms with E-state index >= 15 is 0 Å². The minimum atomic E-state index is -0.576. The van der Waals surface area contributed by atoms with Crippen LogP contribution < -0.4 is 20.4 Å². The Bertz CT molecular complexity index is 216. The molecule has 0 aromatic rings. The van der Waals surface area contributed by atoms with E-state index in [1.54, 1.807) is 0 Å². The number of hydrogen-bond donors (Lipinski definition) is 0. The van der Waals surface area contributed by atoms with Crippen molar-refractivity contribution >= 4 is 191 Å². The van der Waals surface area contributed by atoms with Gasteiger partial charge >= 0.3 is 21.7 Å². The first-order chi connectivity index (χ1) is 10.2. The molecule has 0 radical (unpaired) electrons. The first-order valence-corrected chi connectivity index (χ1v) is 14.4. The maximum atomic E-state index is 9.81. The Balaban J connectivity index is -0.0000000702. The fraction of sp³-hybridized carbons (Fsp3) is 1.00. The molecular weight excluding hydrogens is 1170 g/mol. The molecule has 4 nitrogen and oxygen atoms in total. The zero-order valence-electron chi connectivity index (χ0n) is 11.5. The van der Waals surface area contributed by atoms with Gasteiger partial charge in [0.05, 0.1) is 0 Å². The van der Waals surface area contributed by atoms with Crippen molar-refractivity contribution in [2.24, 2.45) is 0 Å². The summed E-state index contributed by atoms with van der Waals surface area (Å²) in [6, 6.07) is 0. The van der Waals surface area contributed by atoms with Crippen molar-refractivity contribution in [2.45, 2.75) is 8.57 Å². The van der Waals surface area contributed by atoms with E-state index in [0.29, 0.717) is 0 Å². The van der Waals surface area contributed by atoms with Crippen LogP contribution in [0.1, 0.15) is 0 Å². The Morgan fingerprint density at radius 2 is 0.400 bits per heavy atom. The predicted octanol–water partition coefficient (Wildman–Crippen LogP) is 4.74. The van der Waals surface area contributed by atoms with Gasteiger partial charge < -0.3 is 20.4 Å². The monoisotopic (exact) mass is 1160 g/mol. The molecule has 25 heavy (non-hydrogen) atoms. The van der Waals surface area contributed by atoms with Gasteiger partial charge in [-0.2, -0.15) is 0 Å². The van der Waals surface area contributed by atoms with Crippen LogP contribution in [0.15, 0.2) is 0 Å². The van der Waals surface area contributed by atoms with Gasteiger partial charge in [0.25, 0.3) is 0 Å². The predicted molar refractivity (Wildman–Crippen MR) is 138 cm³/mol. The second-order valence-electron chi connectivity index (χ2n) is 3.04. The van der Waals surface area contributed by atoms with Crippen LogP contribution in [0, 0.1) is 0 Å². The molecule has 0 unspecified atom stereocenters. The summed E-state index contributed by atoms with van der Waals surface area (Å²) in [7, 11) is 0. The molecule has 0 aromatic carbocycles. The van der Waals surface area contributed by atoms with Gasteiger partial charge in [-0.25, -0.2) is 0 Å². The van der Waals surface area contributed by atoms with Crippen molar-refractivity contribution in [3.63, 3.8) is 0 Å². The van der Waals surface area contributed by atoms with Gasteiger partial charge in [0.2, 0.25) is 0 Å². The van der Waals surface area contributed by atoms with Gasteiger partial charge in [-0.1, -0.05) is 191 Å². The molecule has 0 aliphatic rings. The zero-order chi connectivity index (χ0) is 20.8. The Kier molecular flexibility index (Phi) is 36.8. The molecule has 0 heterocycles. The molecule has 0 aliphatic heterocycles. The molecule has 0 N–H and O–H groups in total. The van der Waals surface area contributed by atoms with Gasteiger partial charge in [0, 0.05) is 0 Å². The first kappa shape index (κ1) is 41.6. The number of alkyl halides is 12. The van der Waals surface area contributed by atoms with Crippen molar-refractivity contribution < 1.29 is 42.1 Å². The van der Waals surface area contributed by atoms with Crippen LogP contribution in [0.5, 0.6) is 0 Å². The fourth-order valence-electron chi connectivity index (χ4n) is 0. The van der Waals surface area contributed by atoms with Crippen LogP contribution in [0.3, 0.4) is 0 Å². The molecule has 0 atom stereocenters. The minimum Gasteiger partial charge on any atom is -0.852 e. The van der Waals surface area contributed by atoms with Crippen molar-refractivity contribution in [2.75, 3.05) is 26.4 Å². The number of halogens is 12. The third-order valence-corrected chi connectivity index (χ3v) is 3.40. The van der Waals surface area contributed by atoms with E-state index in [1.807, 2.05) is 0 Å². The summed E-state index contributed by atoms with van der Waals surface area (Å²) in [6.07, 6.45) is 0. The summed E-state index contributed by atoms with van der Waals surface area (Å²) in [5, 5.41) is 39.2. The Hall–Kier alpha value is 6.31. The van der Waals surface area contributed by atoms with Crippen LogP contribution in [-0.2, 0) is 21.7 Å². The Labute approximate surface area is 263 Å². The van der Waals surface area contributed by atoms with E-state index in [4.69, 9.17) is 0 Å². The quantitative estimate of drug-likeness (QED) is 0.259.